The molecule has 0 spiro atoms. The van der Waals surface area contributed by atoms with Crippen LogP contribution >= 0.6 is 0 Å². The van der Waals surface area contributed by atoms with Gasteiger partial charge in [0.05, 0.1) is 6.04 Å². The maximum absolute atomic E-state index is 13.9. The highest BCUT2D eigenvalue weighted by atomic mass is 19.1. The van der Waals surface area contributed by atoms with Crippen LogP contribution in [-0.2, 0) is 11.2 Å². The van der Waals surface area contributed by atoms with Gasteiger partial charge in [0.25, 0.3) is 0 Å². The van der Waals surface area contributed by atoms with Crippen LogP contribution in [0.4, 0.5) is 8.78 Å². The largest absolute Gasteiger partial charge is 0.421 e. The fraction of sp³-hybridized carbons (Fsp3) is 0.286. The maximum atomic E-state index is 13.9. The first-order valence-electron chi connectivity index (χ1n) is 9.04. The summed E-state index contributed by atoms with van der Waals surface area (Å²) in [5, 5.41) is 8.02. The number of amides is 1. The van der Waals surface area contributed by atoms with Crippen LogP contribution in [0.15, 0.2) is 52.9 Å². The first kappa shape index (κ1) is 19.7. The Morgan fingerprint density at radius 1 is 1.14 bits per heavy atom. The summed E-state index contributed by atoms with van der Waals surface area (Å²) in [4.78, 5) is 13.8. The van der Waals surface area contributed by atoms with Gasteiger partial charge in [-0.05, 0) is 43.7 Å². The highest BCUT2D eigenvalue weighted by molar-refractivity contribution is 5.76. The molecule has 0 fully saturated rings. The molecule has 0 aliphatic heterocycles. The summed E-state index contributed by atoms with van der Waals surface area (Å²) in [7, 11) is 1.58. The van der Waals surface area contributed by atoms with E-state index in [1.807, 2.05) is 30.3 Å². The predicted octanol–water partition coefficient (Wildman–Crippen LogP) is 4.56. The van der Waals surface area contributed by atoms with E-state index in [0.29, 0.717) is 24.6 Å². The molecule has 5 nitrogen and oxygen atoms in total. The highest BCUT2D eigenvalue weighted by Crippen LogP contribution is 2.24. The van der Waals surface area contributed by atoms with Crippen molar-refractivity contribution in [3.8, 4) is 11.5 Å². The SMILES string of the molecule is CC(c1cc(F)ccc1F)N(C)C(=O)CCCc1nnc(-c2ccccc2)o1. The van der Waals surface area contributed by atoms with Crippen LogP contribution in [-0.4, -0.2) is 28.1 Å². The first-order chi connectivity index (χ1) is 13.5. The number of carbonyl (C=O) groups is 1. The lowest BCUT2D eigenvalue weighted by molar-refractivity contribution is -0.131. The fourth-order valence-corrected chi connectivity index (χ4v) is 2.88. The Morgan fingerprint density at radius 3 is 2.64 bits per heavy atom. The van der Waals surface area contributed by atoms with E-state index < -0.39 is 17.7 Å². The van der Waals surface area contributed by atoms with Crippen molar-refractivity contribution in [1.82, 2.24) is 15.1 Å². The van der Waals surface area contributed by atoms with Crippen molar-refractivity contribution in [1.29, 1.82) is 0 Å². The Balaban J connectivity index is 1.54. The Labute approximate surface area is 162 Å². The lowest BCUT2D eigenvalue weighted by Crippen LogP contribution is -2.30. The topological polar surface area (TPSA) is 59.2 Å². The zero-order valence-electron chi connectivity index (χ0n) is 15.7. The maximum Gasteiger partial charge on any atom is 0.247 e. The summed E-state index contributed by atoms with van der Waals surface area (Å²) in [6.45, 7) is 1.67. The molecule has 1 unspecified atom stereocenters. The molecule has 1 amide bonds. The number of rotatable bonds is 7. The summed E-state index contributed by atoms with van der Waals surface area (Å²) in [6.07, 6.45) is 1.21. The molecule has 0 saturated heterocycles. The molecule has 1 heterocycles. The molecule has 28 heavy (non-hydrogen) atoms. The van der Waals surface area contributed by atoms with Crippen molar-refractivity contribution in [3.05, 3.63) is 71.6 Å². The van der Waals surface area contributed by atoms with Gasteiger partial charge in [0.1, 0.15) is 11.6 Å². The van der Waals surface area contributed by atoms with E-state index in [2.05, 4.69) is 10.2 Å². The van der Waals surface area contributed by atoms with E-state index in [1.165, 1.54) is 4.90 Å². The van der Waals surface area contributed by atoms with E-state index in [1.54, 1.807) is 14.0 Å². The minimum atomic E-state index is -0.573. The van der Waals surface area contributed by atoms with E-state index in [0.717, 1.165) is 23.8 Å². The Kier molecular flexibility index (Phi) is 6.13. The van der Waals surface area contributed by atoms with Gasteiger partial charge in [-0.3, -0.25) is 4.79 Å². The lowest BCUT2D eigenvalue weighted by Gasteiger charge is -2.25. The quantitative estimate of drug-likeness (QED) is 0.598. The van der Waals surface area contributed by atoms with Gasteiger partial charge in [0, 0.05) is 31.0 Å². The van der Waals surface area contributed by atoms with E-state index >= 15 is 0 Å². The van der Waals surface area contributed by atoms with Gasteiger partial charge in [-0.25, -0.2) is 8.78 Å². The second-order valence-electron chi connectivity index (χ2n) is 6.57. The summed E-state index contributed by atoms with van der Waals surface area (Å²) < 4.78 is 32.9. The van der Waals surface area contributed by atoms with E-state index in [9.17, 15) is 13.6 Å². The molecule has 2 aromatic carbocycles. The van der Waals surface area contributed by atoms with Gasteiger partial charge in [-0.1, -0.05) is 18.2 Å². The minimum Gasteiger partial charge on any atom is -0.421 e. The predicted molar refractivity (Wildman–Crippen MR) is 100 cm³/mol. The lowest BCUT2D eigenvalue weighted by atomic mass is 10.1. The number of hydrogen-bond donors (Lipinski definition) is 0. The summed E-state index contributed by atoms with van der Waals surface area (Å²) in [5.74, 6) is -0.339. The molecule has 1 aromatic heterocycles. The first-order valence-corrected chi connectivity index (χ1v) is 9.04. The van der Waals surface area contributed by atoms with E-state index in [-0.39, 0.29) is 17.9 Å². The molecule has 3 aromatic rings. The number of halogens is 2. The number of benzene rings is 2. The third-order valence-corrected chi connectivity index (χ3v) is 4.65. The van der Waals surface area contributed by atoms with Crippen molar-refractivity contribution in [2.45, 2.75) is 32.2 Å². The molecule has 0 N–H and O–H groups in total. The molecule has 0 aliphatic rings. The van der Waals surface area contributed by atoms with Gasteiger partial charge in [-0.2, -0.15) is 0 Å². The summed E-state index contributed by atoms with van der Waals surface area (Å²) in [5.41, 5.74) is 0.989. The molecular formula is C21H21F2N3O2. The second kappa shape index (κ2) is 8.73. The average molecular weight is 385 g/mol. The van der Waals surface area contributed by atoms with Crippen LogP contribution < -0.4 is 0 Å². The summed E-state index contributed by atoms with van der Waals surface area (Å²) >= 11 is 0. The van der Waals surface area contributed by atoms with Crippen LogP contribution in [0.3, 0.4) is 0 Å². The van der Waals surface area contributed by atoms with Crippen LogP contribution in [0.1, 0.15) is 37.3 Å². The normalized spacial score (nSPS) is 12.0. The zero-order valence-corrected chi connectivity index (χ0v) is 15.7. The standard InChI is InChI=1S/C21H21F2N3O2/c1-14(17-13-16(22)11-12-18(17)23)26(2)20(27)10-6-9-19-24-25-21(28-19)15-7-4-3-5-8-15/h3-5,7-8,11-14H,6,9-10H2,1-2H3. The van der Waals surface area contributed by atoms with Crippen LogP contribution in [0.25, 0.3) is 11.5 Å². The number of hydrogen-bond acceptors (Lipinski definition) is 4. The number of aryl methyl sites for hydroxylation is 1. The van der Waals surface area contributed by atoms with Crippen molar-refractivity contribution >= 4 is 5.91 Å². The number of nitrogens with zero attached hydrogens (tertiary/aromatic N) is 3. The molecule has 7 heteroatoms. The average Bonchev–Trinajstić information content (AvgIpc) is 3.18. The Bertz CT molecular complexity index is 944. The minimum absolute atomic E-state index is 0.153. The van der Waals surface area contributed by atoms with Gasteiger partial charge in [-0.15, -0.1) is 10.2 Å². The molecular weight excluding hydrogens is 364 g/mol. The molecule has 0 radical (unpaired) electrons. The fourth-order valence-electron chi connectivity index (χ4n) is 2.88. The highest BCUT2D eigenvalue weighted by Gasteiger charge is 2.21. The molecule has 0 bridgehead atoms. The van der Waals surface area contributed by atoms with Crippen molar-refractivity contribution in [2.75, 3.05) is 7.05 Å². The van der Waals surface area contributed by atoms with Gasteiger partial charge >= 0.3 is 0 Å². The Hall–Kier alpha value is -3.09. The molecule has 3 rings (SSSR count). The van der Waals surface area contributed by atoms with Crippen LogP contribution in [0.2, 0.25) is 0 Å². The van der Waals surface area contributed by atoms with Gasteiger partial charge in [0.15, 0.2) is 0 Å². The molecule has 0 saturated carbocycles. The van der Waals surface area contributed by atoms with Crippen molar-refractivity contribution in [3.63, 3.8) is 0 Å². The third kappa shape index (κ3) is 4.60. The Morgan fingerprint density at radius 2 is 1.89 bits per heavy atom. The van der Waals surface area contributed by atoms with E-state index in [4.69, 9.17) is 4.42 Å². The monoisotopic (exact) mass is 385 g/mol. The number of aromatic nitrogens is 2. The second-order valence-corrected chi connectivity index (χ2v) is 6.57. The van der Waals surface area contributed by atoms with Crippen LogP contribution in [0, 0.1) is 11.6 Å². The van der Waals surface area contributed by atoms with Crippen LogP contribution in [0.5, 0.6) is 0 Å². The smallest absolute Gasteiger partial charge is 0.247 e. The third-order valence-electron chi connectivity index (χ3n) is 4.65. The van der Waals surface area contributed by atoms with Crippen molar-refractivity contribution in [2.24, 2.45) is 0 Å². The van der Waals surface area contributed by atoms with Crippen molar-refractivity contribution < 1.29 is 18.0 Å². The zero-order chi connectivity index (χ0) is 20.1. The molecule has 1 atom stereocenters. The van der Waals surface area contributed by atoms with Gasteiger partial charge in [0.2, 0.25) is 17.7 Å². The number of carbonyl (C=O) groups excluding carboxylic acids is 1. The molecule has 146 valence electrons. The summed E-state index contributed by atoms with van der Waals surface area (Å²) in [6, 6.07) is 12.1. The van der Waals surface area contributed by atoms with Gasteiger partial charge < -0.3 is 9.32 Å². The molecule has 0 aliphatic carbocycles.